The van der Waals surface area contributed by atoms with E-state index in [1.54, 1.807) is 0 Å². The number of Topliss-reactive ketones (excluding diaryl/α,β-unsaturated/α-hetero) is 1. The maximum atomic E-state index is 13.0. The average Bonchev–Trinajstić information content (AvgIpc) is 2.19. The number of sulfone groups is 1. The smallest absolute Gasteiger partial charge is 0.178 e. The van der Waals surface area contributed by atoms with Gasteiger partial charge >= 0.3 is 0 Å². The topological polar surface area (TPSA) is 51.2 Å². The molecule has 0 aromatic heterocycles. The van der Waals surface area contributed by atoms with Gasteiger partial charge in [0, 0.05) is 6.42 Å². The zero-order valence-corrected chi connectivity index (χ0v) is 9.97. The van der Waals surface area contributed by atoms with Gasteiger partial charge in [-0.05, 0) is 37.6 Å². The van der Waals surface area contributed by atoms with E-state index in [4.69, 9.17) is 0 Å². The summed E-state index contributed by atoms with van der Waals surface area (Å²) in [5.74, 6) is -0.846. The van der Waals surface area contributed by atoms with Crippen LogP contribution >= 0.6 is 0 Å². The third kappa shape index (κ3) is 3.13. The van der Waals surface area contributed by atoms with Crippen LogP contribution in [0.15, 0.2) is 23.1 Å². The summed E-state index contributed by atoms with van der Waals surface area (Å²) < 4.78 is 36.4. The van der Waals surface area contributed by atoms with Crippen molar-refractivity contribution in [3.05, 3.63) is 29.6 Å². The van der Waals surface area contributed by atoms with Crippen molar-refractivity contribution in [3.8, 4) is 0 Å². The maximum Gasteiger partial charge on any atom is 0.178 e. The molecule has 3 nitrogen and oxygen atoms in total. The van der Waals surface area contributed by atoms with E-state index in [9.17, 15) is 17.6 Å². The number of rotatable bonds is 4. The SMILES string of the molecule is CC(=O)CCS(=O)(=O)c1ccc(F)c(C)c1. The van der Waals surface area contributed by atoms with Gasteiger partial charge < -0.3 is 0 Å². The van der Waals surface area contributed by atoms with Crippen LogP contribution in [0.4, 0.5) is 4.39 Å². The molecule has 0 unspecified atom stereocenters. The van der Waals surface area contributed by atoms with Crippen LogP contribution in [0.5, 0.6) is 0 Å². The van der Waals surface area contributed by atoms with E-state index in [0.29, 0.717) is 0 Å². The molecule has 88 valence electrons. The Labute approximate surface area is 94.2 Å². The molecule has 0 radical (unpaired) electrons. The second-order valence-corrected chi connectivity index (χ2v) is 5.79. The minimum Gasteiger partial charge on any atom is -0.300 e. The van der Waals surface area contributed by atoms with E-state index >= 15 is 0 Å². The molecule has 0 bridgehead atoms. The van der Waals surface area contributed by atoms with Gasteiger partial charge in [0.25, 0.3) is 0 Å². The van der Waals surface area contributed by atoms with Crippen LogP contribution in [0.3, 0.4) is 0 Å². The summed E-state index contributed by atoms with van der Waals surface area (Å²) in [6.45, 7) is 2.84. The third-order valence-electron chi connectivity index (χ3n) is 2.21. The van der Waals surface area contributed by atoms with Crippen molar-refractivity contribution in [1.82, 2.24) is 0 Å². The fraction of sp³-hybridized carbons (Fsp3) is 0.364. The minimum atomic E-state index is -3.48. The summed E-state index contributed by atoms with van der Waals surface area (Å²) in [6, 6.07) is 3.62. The molecule has 0 aliphatic rings. The van der Waals surface area contributed by atoms with Crippen LogP contribution in [0.1, 0.15) is 18.9 Å². The van der Waals surface area contributed by atoms with Gasteiger partial charge in [-0.25, -0.2) is 12.8 Å². The molecule has 0 aliphatic carbocycles. The molecule has 0 aliphatic heterocycles. The second kappa shape index (κ2) is 4.74. The van der Waals surface area contributed by atoms with E-state index in [2.05, 4.69) is 0 Å². The molecule has 1 rings (SSSR count). The van der Waals surface area contributed by atoms with Gasteiger partial charge in [0.05, 0.1) is 10.6 Å². The lowest BCUT2D eigenvalue weighted by molar-refractivity contribution is -0.116. The lowest BCUT2D eigenvalue weighted by atomic mass is 10.2. The van der Waals surface area contributed by atoms with Gasteiger partial charge in [-0.1, -0.05) is 0 Å². The number of ketones is 1. The van der Waals surface area contributed by atoms with Crippen LogP contribution in [0.2, 0.25) is 0 Å². The normalized spacial score (nSPS) is 11.4. The number of benzene rings is 1. The first kappa shape index (κ1) is 12.8. The largest absolute Gasteiger partial charge is 0.300 e. The zero-order chi connectivity index (χ0) is 12.3. The Balaban J connectivity index is 2.99. The molecule has 0 spiro atoms. The standard InChI is InChI=1S/C11H13FO3S/c1-8-7-10(3-4-11(8)12)16(14,15)6-5-9(2)13/h3-4,7H,5-6H2,1-2H3. The molecule has 0 fully saturated rings. The van der Waals surface area contributed by atoms with Crippen molar-refractivity contribution in [2.75, 3.05) is 5.75 Å². The molecular weight excluding hydrogens is 231 g/mol. The van der Waals surface area contributed by atoms with Crippen LogP contribution < -0.4 is 0 Å². The summed E-state index contributed by atoms with van der Waals surface area (Å²) >= 11 is 0. The fourth-order valence-corrected chi connectivity index (χ4v) is 2.63. The Morgan fingerprint density at radius 3 is 2.50 bits per heavy atom. The zero-order valence-electron chi connectivity index (χ0n) is 9.16. The van der Waals surface area contributed by atoms with Crippen molar-refractivity contribution in [2.45, 2.75) is 25.2 Å². The van der Waals surface area contributed by atoms with Gasteiger partial charge in [0.15, 0.2) is 9.84 Å². The predicted molar refractivity (Wildman–Crippen MR) is 58.5 cm³/mol. The monoisotopic (exact) mass is 244 g/mol. The van der Waals surface area contributed by atoms with Crippen molar-refractivity contribution in [3.63, 3.8) is 0 Å². The maximum absolute atomic E-state index is 13.0. The van der Waals surface area contributed by atoms with Gasteiger partial charge in [0.2, 0.25) is 0 Å². The Morgan fingerprint density at radius 2 is 2.00 bits per heavy atom. The molecule has 0 saturated carbocycles. The van der Waals surface area contributed by atoms with Crippen LogP contribution in [-0.4, -0.2) is 20.0 Å². The fourth-order valence-electron chi connectivity index (χ4n) is 1.21. The van der Waals surface area contributed by atoms with E-state index in [0.717, 1.165) is 6.07 Å². The predicted octanol–water partition coefficient (Wildman–Crippen LogP) is 1.89. The van der Waals surface area contributed by atoms with Crippen molar-refractivity contribution in [2.24, 2.45) is 0 Å². The molecule has 1 aromatic carbocycles. The average molecular weight is 244 g/mol. The highest BCUT2D eigenvalue weighted by Gasteiger charge is 2.16. The van der Waals surface area contributed by atoms with Crippen molar-refractivity contribution < 1.29 is 17.6 Å². The van der Waals surface area contributed by atoms with Crippen molar-refractivity contribution in [1.29, 1.82) is 0 Å². The number of hydrogen-bond acceptors (Lipinski definition) is 3. The molecular formula is C11H13FO3S. The van der Waals surface area contributed by atoms with E-state index in [1.165, 1.54) is 26.0 Å². The Kier molecular flexibility index (Phi) is 3.80. The van der Waals surface area contributed by atoms with E-state index in [1.807, 2.05) is 0 Å². The molecule has 0 amide bonds. The summed E-state index contributed by atoms with van der Waals surface area (Å²) in [5, 5.41) is 0. The number of halogens is 1. The van der Waals surface area contributed by atoms with Gasteiger partial charge in [0.1, 0.15) is 11.6 Å². The molecule has 0 heterocycles. The lowest BCUT2D eigenvalue weighted by Crippen LogP contribution is -2.10. The quantitative estimate of drug-likeness (QED) is 0.760. The van der Waals surface area contributed by atoms with Crippen molar-refractivity contribution >= 4 is 15.6 Å². The Hall–Kier alpha value is -1.23. The lowest BCUT2D eigenvalue weighted by Gasteiger charge is -2.04. The van der Waals surface area contributed by atoms with E-state index in [-0.39, 0.29) is 28.4 Å². The van der Waals surface area contributed by atoms with Crippen LogP contribution in [-0.2, 0) is 14.6 Å². The molecule has 0 atom stereocenters. The third-order valence-corrected chi connectivity index (χ3v) is 3.93. The molecule has 0 N–H and O–H groups in total. The van der Waals surface area contributed by atoms with E-state index < -0.39 is 15.7 Å². The first-order chi connectivity index (χ1) is 7.33. The highest BCUT2D eigenvalue weighted by molar-refractivity contribution is 7.91. The first-order valence-corrected chi connectivity index (χ1v) is 6.46. The van der Waals surface area contributed by atoms with Crippen LogP contribution in [0, 0.1) is 12.7 Å². The Morgan fingerprint density at radius 1 is 1.38 bits per heavy atom. The highest BCUT2D eigenvalue weighted by Crippen LogP contribution is 2.16. The number of carbonyl (C=O) groups is 1. The van der Waals surface area contributed by atoms with Gasteiger partial charge in [-0.2, -0.15) is 0 Å². The number of carbonyl (C=O) groups excluding carboxylic acids is 1. The summed E-state index contributed by atoms with van der Waals surface area (Å²) in [7, 11) is -3.48. The summed E-state index contributed by atoms with van der Waals surface area (Å²) in [5.41, 5.74) is 0.281. The molecule has 1 aromatic rings. The van der Waals surface area contributed by atoms with Gasteiger partial charge in [-0.15, -0.1) is 0 Å². The molecule has 16 heavy (non-hydrogen) atoms. The highest BCUT2D eigenvalue weighted by atomic mass is 32.2. The minimum absolute atomic E-state index is 0.0151. The van der Waals surface area contributed by atoms with Crippen LogP contribution in [0.25, 0.3) is 0 Å². The summed E-state index contributed by atoms with van der Waals surface area (Å²) in [6.07, 6.45) is -0.0151. The first-order valence-electron chi connectivity index (χ1n) is 4.81. The van der Waals surface area contributed by atoms with Gasteiger partial charge in [-0.3, -0.25) is 4.79 Å². The second-order valence-electron chi connectivity index (χ2n) is 3.68. The molecule has 0 saturated heterocycles. The summed E-state index contributed by atoms with van der Waals surface area (Å²) in [4.78, 5) is 10.8. The Bertz CT molecular complexity index is 506. The number of hydrogen-bond donors (Lipinski definition) is 0. The molecule has 5 heteroatoms. The number of aryl methyl sites for hydroxylation is 1.